The van der Waals surface area contributed by atoms with Gasteiger partial charge in [0.1, 0.15) is 12.1 Å². The molecule has 15 heteroatoms. The lowest BCUT2D eigenvalue weighted by Crippen LogP contribution is -2.30. The van der Waals surface area contributed by atoms with Crippen molar-refractivity contribution in [2.24, 2.45) is 22.9 Å². The van der Waals surface area contributed by atoms with E-state index in [2.05, 4.69) is 0 Å². The molecule has 180 valence electrons. The lowest BCUT2D eigenvalue weighted by atomic mass is 10.2. The second-order valence-corrected chi connectivity index (χ2v) is 5.37. The molecule has 0 fully saturated rings. The molecule has 0 spiro atoms. The van der Waals surface area contributed by atoms with Gasteiger partial charge in [-0.15, -0.1) is 0 Å². The van der Waals surface area contributed by atoms with E-state index in [-0.39, 0.29) is 11.0 Å². The van der Waals surface area contributed by atoms with Crippen molar-refractivity contribution in [3.8, 4) is 0 Å². The molecule has 0 saturated heterocycles. The second kappa shape index (κ2) is 24.3. The van der Waals surface area contributed by atoms with Crippen molar-refractivity contribution in [3.05, 3.63) is 0 Å². The van der Waals surface area contributed by atoms with Crippen molar-refractivity contribution in [2.45, 2.75) is 50.6 Å². The first kappa shape index (κ1) is 38.0. The molecule has 0 unspecified atom stereocenters. The van der Waals surface area contributed by atoms with Crippen LogP contribution < -0.4 is 22.9 Å². The summed E-state index contributed by atoms with van der Waals surface area (Å²) >= 11 is 0. The van der Waals surface area contributed by atoms with Crippen LogP contribution in [0, 0.1) is 0 Å². The Morgan fingerprint density at radius 3 is 1.20 bits per heavy atom. The maximum Gasteiger partial charge on any atom is 0.372 e. The predicted octanol–water partition coefficient (Wildman–Crippen LogP) is -3.87. The lowest BCUT2D eigenvalue weighted by molar-refractivity contribution is -0.149. The van der Waals surface area contributed by atoms with Crippen LogP contribution in [0.5, 0.6) is 0 Å². The third kappa shape index (κ3) is 30.1. The molecule has 15 nitrogen and oxygen atoms in total. The number of carbonyl (C=O) groups excluding carboxylic acids is 1. The van der Waals surface area contributed by atoms with Crippen LogP contribution in [0.4, 0.5) is 0 Å². The molecule has 0 aromatic carbocycles. The van der Waals surface area contributed by atoms with Crippen molar-refractivity contribution in [1.82, 2.24) is 0 Å². The van der Waals surface area contributed by atoms with E-state index in [0.29, 0.717) is 38.8 Å². The molecular weight excluding hydrogens is 412 g/mol. The van der Waals surface area contributed by atoms with E-state index in [0.717, 1.165) is 0 Å². The molecule has 0 rings (SSSR count). The Morgan fingerprint density at radius 2 is 1.00 bits per heavy atom. The molecular formula is C15H34N4O11. The summed E-state index contributed by atoms with van der Waals surface area (Å²) in [5.41, 5.74) is 20.6. The number of aliphatic carboxylic acids is 4. The van der Waals surface area contributed by atoms with Gasteiger partial charge in [-0.05, 0) is 38.8 Å². The molecule has 0 bridgehead atoms. The van der Waals surface area contributed by atoms with Crippen LogP contribution in [0.2, 0.25) is 0 Å². The highest BCUT2D eigenvalue weighted by atomic mass is 16.4. The minimum atomic E-state index is -1.58. The Morgan fingerprint density at radius 1 is 0.667 bits per heavy atom. The Kier molecular flexibility index (Phi) is 30.8. The fourth-order valence-corrected chi connectivity index (χ4v) is 1.25. The number of ketones is 1. The topological polar surface area (TPSA) is 333 Å². The summed E-state index contributed by atoms with van der Waals surface area (Å²) in [6.45, 7) is 1.00. The van der Waals surface area contributed by atoms with Gasteiger partial charge in [0.25, 0.3) is 0 Å². The number of Topliss-reactive ketones (excluding diaryl/α,β-unsaturated/α-hetero) is 1. The largest absolute Gasteiger partial charge is 0.481 e. The summed E-state index contributed by atoms with van der Waals surface area (Å²) in [7, 11) is 0. The summed E-state index contributed by atoms with van der Waals surface area (Å²) in [6.07, 6.45) is 1.41. The summed E-state index contributed by atoms with van der Waals surface area (Å²) in [4.78, 5) is 49.8. The van der Waals surface area contributed by atoms with Crippen LogP contribution in [0.3, 0.4) is 0 Å². The fraction of sp³-hybridized carbons (Fsp3) is 0.667. The van der Waals surface area contributed by atoms with Gasteiger partial charge in [-0.1, -0.05) is 0 Å². The lowest BCUT2D eigenvalue weighted by Gasteiger charge is -2.02. The average Bonchev–Trinajstić information content (AvgIpc) is 2.62. The normalized spacial score (nSPS) is 10.8. The van der Waals surface area contributed by atoms with E-state index in [1.807, 2.05) is 0 Å². The monoisotopic (exact) mass is 446 g/mol. The number of carbonyl (C=O) groups is 5. The smallest absolute Gasteiger partial charge is 0.372 e. The number of rotatable bonds is 12. The van der Waals surface area contributed by atoms with E-state index in [1.54, 1.807) is 0 Å². The summed E-state index contributed by atoms with van der Waals surface area (Å²) in [5, 5.41) is 32.4. The quantitative estimate of drug-likeness (QED) is 0.133. The molecule has 0 aliphatic carbocycles. The molecule has 0 aromatic rings. The van der Waals surface area contributed by atoms with Gasteiger partial charge >= 0.3 is 23.9 Å². The maximum absolute atomic E-state index is 10.2. The highest BCUT2D eigenvalue weighted by molar-refractivity contribution is 6.32. The van der Waals surface area contributed by atoms with Gasteiger partial charge in [0, 0.05) is 6.42 Å². The van der Waals surface area contributed by atoms with Gasteiger partial charge in [0.2, 0.25) is 5.78 Å². The minimum Gasteiger partial charge on any atom is -0.481 e. The summed E-state index contributed by atoms with van der Waals surface area (Å²) < 4.78 is 0. The third-order valence-electron chi connectivity index (χ3n) is 2.88. The Balaban J connectivity index is -0.000000101. The van der Waals surface area contributed by atoms with E-state index < -0.39 is 54.6 Å². The molecule has 0 heterocycles. The summed E-state index contributed by atoms with van der Waals surface area (Å²) in [6, 6.07) is -1.48. The Bertz CT molecular complexity index is 479. The Hall–Kier alpha value is -2.69. The van der Waals surface area contributed by atoms with Crippen molar-refractivity contribution < 1.29 is 55.4 Å². The zero-order valence-electron chi connectivity index (χ0n) is 16.5. The van der Waals surface area contributed by atoms with Crippen LogP contribution in [-0.2, 0) is 24.0 Å². The standard InChI is InChI=1S/2C5H12N2O2.C5H6O5.2H2O/c2*6-3-1-2-4(7)5(8)9;6-3(5(9)10)1-2-4(7)8;;/h2*4H,1-3,6-7H2,(H,8,9);1-2H2,(H,7,8)(H,9,10);2*1H2/t2*4-;;;/m00.../s1. The molecule has 0 amide bonds. The van der Waals surface area contributed by atoms with Crippen LogP contribution in [0.15, 0.2) is 0 Å². The van der Waals surface area contributed by atoms with E-state index >= 15 is 0 Å². The van der Waals surface area contributed by atoms with Crippen molar-refractivity contribution in [2.75, 3.05) is 13.1 Å². The van der Waals surface area contributed by atoms with Crippen LogP contribution in [0.25, 0.3) is 0 Å². The van der Waals surface area contributed by atoms with Crippen molar-refractivity contribution in [3.63, 3.8) is 0 Å². The number of hydrogen-bond acceptors (Lipinski definition) is 9. The number of nitrogens with two attached hydrogens (primary N) is 4. The first-order chi connectivity index (χ1) is 12.9. The molecule has 30 heavy (non-hydrogen) atoms. The zero-order chi connectivity index (χ0) is 22.7. The molecule has 0 aromatic heterocycles. The first-order valence-corrected chi connectivity index (χ1v) is 8.25. The van der Waals surface area contributed by atoms with Gasteiger partial charge in [-0.3, -0.25) is 19.2 Å². The molecule has 0 radical (unpaired) electrons. The number of carboxylic acids is 4. The van der Waals surface area contributed by atoms with E-state index in [9.17, 15) is 24.0 Å². The molecule has 0 aliphatic heterocycles. The van der Waals surface area contributed by atoms with Gasteiger partial charge in [0.15, 0.2) is 0 Å². The molecule has 0 saturated carbocycles. The van der Waals surface area contributed by atoms with Crippen molar-refractivity contribution >= 4 is 29.7 Å². The van der Waals surface area contributed by atoms with Gasteiger partial charge in [-0.2, -0.15) is 0 Å². The van der Waals surface area contributed by atoms with Crippen molar-refractivity contribution in [1.29, 1.82) is 0 Å². The zero-order valence-corrected chi connectivity index (χ0v) is 16.5. The molecule has 0 aliphatic rings. The highest BCUT2D eigenvalue weighted by Gasteiger charge is 2.12. The number of hydrogen-bond donors (Lipinski definition) is 8. The predicted molar refractivity (Wildman–Crippen MR) is 105 cm³/mol. The number of carboxylic acid groups (broad SMARTS) is 4. The van der Waals surface area contributed by atoms with E-state index in [4.69, 9.17) is 43.4 Å². The van der Waals surface area contributed by atoms with Gasteiger partial charge < -0.3 is 54.3 Å². The minimum absolute atomic E-state index is 0. The summed E-state index contributed by atoms with van der Waals surface area (Å²) in [5.74, 6) is -5.73. The van der Waals surface area contributed by atoms with Crippen LogP contribution in [0.1, 0.15) is 38.5 Å². The maximum atomic E-state index is 10.2. The van der Waals surface area contributed by atoms with Crippen LogP contribution in [-0.4, -0.2) is 86.2 Å². The van der Waals surface area contributed by atoms with Crippen LogP contribution >= 0.6 is 0 Å². The van der Waals surface area contributed by atoms with Gasteiger partial charge in [0.05, 0.1) is 6.42 Å². The molecule has 16 N–H and O–H groups in total. The molecule has 2 atom stereocenters. The average molecular weight is 446 g/mol. The van der Waals surface area contributed by atoms with Gasteiger partial charge in [-0.25, -0.2) is 4.79 Å². The van der Waals surface area contributed by atoms with E-state index in [1.165, 1.54) is 0 Å². The highest BCUT2D eigenvalue weighted by Crippen LogP contribution is 1.92. The third-order valence-corrected chi connectivity index (χ3v) is 2.88. The second-order valence-electron chi connectivity index (χ2n) is 5.37. The Labute approximate surface area is 172 Å². The first-order valence-electron chi connectivity index (χ1n) is 8.25. The fourth-order valence-electron chi connectivity index (χ4n) is 1.25. The SMILES string of the molecule is NCCC[C@H](N)C(=O)O.NCCC[C@H](N)C(=O)O.O.O.O=C(O)CCC(=O)C(=O)O.